The van der Waals surface area contributed by atoms with Crippen molar-refractivity contribution in [2.24, 2.45) is 5.41 Å². The van der Waals surface area contributed by atoms with Gasteiger partial charge in [0.2, 0.25) is 0 Å². The molecule has 0 atom stereocenters. The van der Waals surface area contributed by atoms with E-state index >= 15 is 0 Å². The molecule has 1 fully saturated rings. The molecule has 1 amide bonds. The molecule has 0 unspecified atom stereocenters. The molecule has 5 nitrogen and oxygen atoms in total. The molecule has 1 aromatic carbocycles. The lowest BCUT2D eigenvalue weighted by Crippen LogP contribution is -2.42. The van der Waals surface area contributed by atoms with Gasteiger partial charge in [0.05, 0.1) is 7.11 Å². The van der Waals surface area contributed by atoms with Gasteiger partial charge in [-0.2, -0.15) is 0 Å². The normalized spacial score (nSPS) is 16.4. The van der Waals surface area contributed by atoms with Gasteiger partial charge in [-0.05, 0) is 49.5 Å². The lowest BCUT2D eigenvalue weighted by molar-refractivity contribution is 0.0922. The van der Waals surface area contributed by atoms with Crippen molar-refractivity contribution in [3.05, 3.63) is 36.4 Å². The second kappa shape index (κ2) is 8.02. The van der Waals surface area contributed by atoms with Crippen LogP contribution in [0.2, 0.25) is 0 Å². The third-order valence-corrected chi connectivity index (χ3v) is 4.27. The standard InChI is InChI=1S/C18H26N2O3/c1-4-11-23-15-6-5-14(12-16(15)22-3)17(21)20-13-18(2)7-9-19-10-8-18/h4-6,12,19H,1,7-11,13H2,2-3H3,(H,20,21). The zero-order valence-electron chi connectivity index (χ0n) is 14.0. The van der Waals surface area contributed by atoms with Crippen LogP contribution in [0.15, 0.2) is 30.9 Å². The lowest BCUT2D eigenvalue weighted by Gasteiger charge is -2.34. The maximum absolute atomic E-state index is 12.4. The Morgan fingerprint density at radius 3 is 2.78 bits per heavy atom. The third kappa shape index (κ3) is 4.73. The Hall–Kier alpha value is -2.01. The SMILES string of the molecule is C=CCOc1ccc(C(=O)NCC2(C)CCNCC2)cc1OC. The zero-order chi connectivity index (χ0) is 16.7. The molecular formula is C18H26N2O3. The van der Waals surface area contributed by atoms with Crippen molar-refractivity contribution in [2.45, 2.75) is 19.8 Å². The average Bonchev–Trinajstić information content (AvgIpc) is 2.58. The summed E-state index contributed by atoms with van der Waals surface area (Å²) in [5.41, 5.74) is 0.739. The maximum Gasteiger partial charge on any atom is 0.251 e. The van der Waals surface area contributed by atoms with E-state index in [0.717, 1.165) is 25.9 Å². The molecule has 0 spiro atoms. The van der Waals surface area contributed by atoms with Crippen molar-refractivity contribution in [1.29, 1.82) is 0 Å². The first kappa shape index (κ1) is 17.3. The average molecular weight is 318 g/mol. The largest absolute Gasteiger partial charge is 0.493 e. The minimum Gasteiger partial charge on any atom is -0.493 e. The molecule has 1 aliphatic rings. The van der Waals surface area contributed by atoms with E-state index in [1.54, 1.807) is 31.4 Å². The van der Waals surface area contributed by atoms with Gasteiger partial charge in [0.25, 0.3) is 5.91 Å². The van der Waals surface area contributed by atoms with Crippen LogP contribution in [0.3, 0.4) is 0 Å². The second-order valence-electron chi connectivity index (χ2n) is 6.21. The Morgan fingerprint density at radius 1 is 1.39 bits per heavy atom. The summed E-state index contributed by atoms with van der Waals surface area (Å²) in [4.78, 5) is 12.4. The summed E-state index contributed by atoms with van der Waals surface area (Å²) in [6.07, 6.45) is 3.82. The van der Waals surface area contributed by atoms with Crippen LogP contribution in [0.5, 0.6) is 11.5 Å². The molecular weight excluding hydrogens is 292 g/mol. The van der Waals surface area contributed by atoms with Gasteiger partial charge < -0.3 is 20.1 Å². The molecule has 2 rings (SSSR count). The Balaban J connectivity index is 1.99. The fourth-order valence-electron chi connectivity index (χ4n) is 2.68. The highest BCUT2D eigenvalue weighted by Gasteiger charge is 2.27. The molecule has 5 heteroatoms. The molecule has 0 bridgehead atoms. The number of hydrogen-bond donors (Lipinski definition) is 2. The molecule has 1 heterocycles. The van der Waals surface area contributed by atoms with Crippen LogP contribution in [0.4, 0.5) is 0 Å². The van der Waals surface area contributed by atoms with E-state index in [1.807, 2.05) is 0 Å². The van der Waals surface area contributed by atoms with E-state index in [-0.39, 0.29) is 11.3 Å². The van der Waals surface area contributed by atoms with Crippen molar-refractivity contribution in [3.63, 3.8) is 0 Å². The van der Waals surface area contributed by atoms with E-state index < -0.39 is 0 Å². The van der Waals surface area contributed by atoms with Crippen LogP contribution in [0.25, 0.3) is 0 Å². The molecule has 0 radical (unpaired) electrons. The molecule has 2 N–H and O–H groups in total. The fraction of sp³-hybridized carbons (Fsp3) is 0.500. The molecule has 1 aliphatic heterocycles. The number of ether oxygens (including phenoxy) is 2. The van der Waals surface area contributed by atoms with Crippen molar-refractivity contribution in [1.82, 2.24) is 10.6 Å². The highest BCUT2D eigenvalue weighted by atomic mass is 16.5. The Labute approximate surface area is 138 Å². The first-order chi connectivity index (χ1) is 11.1. The predicted octanol–water partition coefficient (Wildman–Crippen LogP) is 2.38. The van der Waals surface area contributed by atoms with Gasteiger partial charge in [0, 0.05) is 12.1 Å². The number of carbonyl (C=O) groups is 1. The molecule has 0 saturated carbocycles. The predicted molar refractivity (Wildman–Crippen MR) is 91.2 cm³/mol. The van der Waals surface area contributed by atoms with Crippen LogP contribution in [0, 0.1) is 5.41 Å². The van der Waals surface area contributed by atoms with Gasteiger partial charge >= 0.3 is 0 Å². The minimum atomic E-state index is -0.0849. The second-order valence-corrected chi connectivity index (χ2v) is 6.21. The van der Waals surface area contributed by atoms with Crippen LogP contribution in [0.1, 0.15) is 30.1 Å². The first-order valence-electron chi connectivity index (χ1n) is 7.99. The van der Waals surface area contributed by atoms with Gasteiger partial charge in [-0.3, -0.25) is 4.79 Å². The summed E-state index contributed by atoms with van der Waals surface area (Å²) in [7, 11) is 1.56. The van der Waals surface area contributed by atoms with Gasteiger partial charge in [-0.25, -0.2) is 0 Å². The van der Waals surface area contributed by atoms with Gasteiger partial charge in [0.1, 0.15) is 6.61 Å². The summed E-state index contributed by atoms with van der Waals surface area (Å²) in [6, 6.07) is 5.21. The number of methoxy groups -OCH3 is 1. The van der Waals surface area contributed by atoms with Crippen LogP contribution in [-0.4, -0.2) is 39.3 Å². The summed E-state index contributed by atoms with van der Waals surface area (Å²) in [5.74, 6) is 1.07. The quantitative estimate of drug-likeness (QED) is 0.758. The monoisotopic (exact) mass is 318 g/mol. The number of hydrogen-bond acceptors (Lipinski definition) is 4. The van der Waals surface area contributed by atoms with Crippen LogP contribution < -0.4 is 20.1 Å². The minimum absolute atomic E-state index is 0.0849. The van der Waals surface area contributed by atoms with Gasteiger partial charge in [0.15, 0.2) is 11.5 Å². The summed E-state index contributed by atoms with van der Waals surface area (Å²) >= 11 is 0. The summed E-state index contributed by atoms with van der Waals surface area (Å²) < 4.78 is 10.8. The molecule has 126 valence electrons. The number of nitrogens with one attached hydrogen (secondary N) is 2. The highest BCUT2D eigenvalue weighted by Crippen LogP contribution is 2.29. The van der Waals surface area contributed by atoms with E-state index in [4.69, 9.17) is 9.47 Å². The van der Waals surface area contributed by atoms with Crippen molar-refractivity contribution in [2.75, 3.05) is 33.4 Å². The number of piperidine rings is 1. The zero-order valence-corrected chi connectivity index (χ0v) is 14.0. The topological polar surface area (TPSA) is 59.6 Å². The van der Waals surface area contributed by atoms with Crippen molar-refractivity contribution >= 4 is 5.91 Å². The van der Waals surface area contributed by atoms with Crippen LogP contribution in [-0.2, 0) is 0 Å². The summed E-state index contributed by atoms with van der Waals surface area (Å²) in [6.45, 7) is 8.94. The number of carbonyl (C=O) groups excluding carboxylic acids is 1. The van der Waals surface area contributed by atoms with E-state index in [0.29, 0.717) is 30.2 Å². The Morgan fingerprint density at radius 2 is 2.13 bits per heavy atom. The smallest absolute Gasteiger partial charge is 0.251 e. The third-order valence-electron chi connectivity index (χ3n) is 4.27. The molecule has 0 aliphatic carbocycles. The number of benzene rings is 1. The van der Waals surface area contributed by atoms with E-state index in [2.05, 4.69) is 24.1 Å². The van der Waals surface area contributed by atoms with E-state index in [9.17, 15) is 4.79 Å². The molecule has 23 heavy (non-hydrogen) atoms. The first-order valence-corrected chi connectivity index (χ1v) is 7.99. The van der Waals surface area contributed by atoms with Crippen molar-refractivity contribution in [3.8, 4) is 11.5 Å². The van der Waals surface area contributed by atoms with Gasteiger partial charge in [-0.1, -0.05) is 19.6 Å². The van der Waals surface area contributed by atoms with E-state index in [1.165, 1.54) is 0 Å². The lowest BCUT2D eigenvalue weighted by atomic mass is 9.81. The molecule has 1 aromatic rings. The highest BCUT2D eigenvalue weighted by molar-refractivity contribution is 5.94. The van der Waals surface area contributed by atoms with Gasteiger partial charge in [-0.15, -0.1) is 0 Å². The molecule has 0 aromatic heterocycles. The van der Waals surface area contributed by atoms with Crippen LogP contribution >= 0.6 is 0 Å². The molecule has 1 saturated heterocycles. The van der Waals surface area contributed by atoms with Crippen molar-refractivity contribution < 1.29 is 14.3 Å². The fourth-order valence-corrected chi connectivity index (χ4v) is 2.68. The Kier molecular flexibility index (Phi) is 6.04. The summed E-state index contributed by atoms with van der Waals surface area (Å²) in [5, 5.41) is 6.39. The number of amides is 1. The Bertz CT molecular complexity index is 551. The number of rotatable bonds is 7. The maximum atomic E-state index is 12.4.